The summed E-state index contributed by atoms with van der Waals surface area (Å²) in [6.07, 6.45) is 2.21. The van der Waals surface area contributed by atoms with Gasteiger partial charge in [0.05, 0.1) is 34.9 Å². The van der Waals surface area contributed by atoms with Gasteiger partial charge in [-0.1, -0.05) is 24.3 Å². The van der Waals surface area contributed by atoms with Crippen molar-refractivity contribution in [2.75, 3.05) is 34.9 Å². The minimum absolute atomic E-state index is 0. The number of nitrogens with zero attached hydrogens (tertiary/aromatic N) is 1. The maximum atomic E-state index is 5.74. The Bertz CT molecular complexity index is 785. The second-order valence-corrected chi connectivity index (χ2v) is 7.19. The smallest absolute Gasteiger partial charge is 0.168 e. The molecular weight excluding hydrogens is 413 g/mol. The lowest BCUT2D eigenvalue weighted by Crippen LogP contribution is -3.00. The van der Waals surface area contributed by atoms with Crippen LogP contribution in [-0.4, -0.2) is 39.3 Å². The number of halogens is 1. The molecule has 0 aromatic heterocycles. The van der Waals surface area contributed by atoms with E-state index in [1.54, 1.807) is 14.2 Å². The lowest BCUT2D eigenvalue weighted by Gasteiger charge is -2.46. The van der Waals surface area contributed by atoms with E-state index < -0.39 is 0 Å². The van der Waals surface area contributed by atoms with E-state index >= 15 is 0 Å². The van der Waals surface area contributed by atoms with Gasteiger partial charge in [-0.15, -0.1) is 0 Å². The molecule has 0 radical (unpaired) electrons. The zero-order valence-corrected chi connectivity index (χ0v) is 16.9. The Hall–Kier alpha value is -1.27. The molecule has 2 aromatic carbocycles. The number of methoxy groups -OCH3 is 2. The Morgan fingerprint density at radius 3 is 2.50 bits per heavy atom. The van der Waals surface area contributed by atoms with Crippen molar-refractivity contribution in [2.24, 2.45) is 0 Å². The Labute approximate surface area is 161 Å². The first-order chi connectivity index (χ1) is 11.1. The maximum Gasteiger partial charge on any atom is 0.168 e. The molecule has 1 aliphatic carbocycles. The molecule has 0 N–H and O–H groups in total. The number of fused-ring (bicyclic) bond motifs is 2. The second kappa shape index (κ2) is 6.23. The van der Waals surface area contributed by atoms with Crippen LogP contribution in [0.2, 0.25) is 0 Å². The van der Waals surface area contributed by atoms with Crippen molar-refractivity contribution < 1.29 is 37.9 Å². The highest BCUT2D eigenvalue weighted by molar-refractivity contribution is 5.82. The Kier molecular flexibility index (Phi) is 4.55. The van der Waals surface area contributed by atoms with Crippen LogP contribution in [0.1, 0.15) is 22.7 Å². The molecule has 0 unspecified atom stereocenters. The van der Waals surface area contributed by atoms with Crippen molar-refractivity contribution in [1.82, 2.24) is 0 Å². The highest BCUT2D eigenvalue weighted by Crippen LogP contribution is 2.51. The van der Waals surface area contributed by atoms with E-state index in [-0.39, 0.29) is 24.0 Å². The van der Waals surface area contributed by atoms with E-state index in [4.69, 9.17) is 9.47 Å². The van der Waals surface area contributed by atoms with Gasteiger partial charge >= 0.3 is 0 Å². The molecule has 1 heterocycles. The predicted octanol–water partition coefficient (Wildman–Crippen LogP) is 0.605. The van der Waals surface area contributed by atoms with Crippen LogP contribution >= 0.6 is 0 Å². The summed E-state index contributed by atoms with van der Waals surface area (Å²) in [5.41, 5.74) is 6.94. The molecule has 3 nitrogen and oxygen atoms in total. The van der Waals surface area contributed by atoms with Gasteiger partial charge in [0.2, 0.25) is 0 Å². The highest BCUT2D eigenvalue weighted by Gasteiger charge is 2.41. The summed E-state index contributed by atoms with van der Waals surface area (Å²) in [7, 11) is 8.15. The second-order valence-electron chi connectivity index (χ2n) is 7.19. The van der Waals surface area contributed by atoms with E-state index in [0.29, 0.717) is 6.04 Å². The first-order valence-electron chi connectivity index (χ1n) is 8.25. The van der Waals surface area contributed by atoms with Crippen molar-refractivity contribution in [3.63, 3.8) is 0 Å². The monoisotopic (exact) mass is 437 g/mol. The average molecular weight is 437 g/mol. The summed E-state index contributed by atoms with van der Waals surface area (Å²) < 4.78 is 12.3. The van der Waals surface area contributed by atoms with Crippen molar-refractivity contribution in [2.45, 2.75) is 18.9 Å². The molecule has 2 aromatic rings. The van der Waals surface area contributed by atoms with Crippen LogP contribution < -0.4 is 33.5 Å². The molecule has 0 amide bonds. The fourth-order valence-electron chi connectivity index (χ4n) is 4.35. The molecule has 2 aliphatic rings. The molecule has 24 heavy (non-hydrogen) atoms. The van der Waals surface area contributed by atoms with Crippen LogP contribution in [0, 0.1) is 0 Å². The number of ether oxygens (including phenoxy) is 2. The van der Waals surface area contributed by atoms with Crippen LogP contribution in [0.4, 0.5) is 0 Å². The first-order valence-corrected chi connectivity index (χ1v) is 8.25. The molecule has 0 bridgehead atoms. The Morgan fingerprint density at radius 2 is 1.79 bits per heavy atom. The van der Waals surface area contributed by atoms with Crippen molar-refractivity contribution in [1.29, 1.82) is 0 Å². The summed E-state index contributed by atoms with van der Waals surface area (Å²) in [6.45, 7) is 1.20. The van der Waals surface area contributed by atoms with Crippen molar-refractivity contribution in [3.05, 3.63) is 47.0 Å². The van der Waals surface area contributed by atoms with Crippen molar-refractivity contribution >= 4 is 0 Å². The van der Waals surface area contributed by atoms with Gasteiger partial charge in [-0.3, -0.25) is 0 Å². The summed E-state index contributed by atoms with van der Waals surface area (Å²) in [4.78, 5) is 0. The Balaban J connectivity index is 0.00000169. The van der Waals surface area contributed by atoms with Gasteiger partial charge in [0.1, 0.15) is 6.04 Å². The summed E-state index contributed by atoms with van der Waals surface area (Å²) in [5.74, 6) is 1.68. The molecular formula is C20H24INO2. The molecule has 0 saturated carbocycles. The fourth-order valence-corrected chi connectivity index (χ4v) is 4.35. The number of quaternary nitrogens is 1. The zero-order valence-electron chi connectivity index (χ0n) is 14.7. The maximum absolute atomic E-state index is 5.74. The van der Waals surface area contributed by atoms with Crippen LogP contribution in [0.3, 0.4) is 0 Å². The van der Waals surface area contributed by atoms with Gasteiger partial charge in [-0.25, -0.2) is 0 Å². The first kappa shape index (κ1) is 17.5. The third-order valence-electron chi connectivity index (χ3n) is 5.65. The van der Waals surface area contributed by atoms with E-state index in [2.05, 4.69) is 38.4 Å². The normalized spacial score (nSPS) is 19.6. The van der Waals surface area contributed by atoms with E-state index in [1.807, 2.05) is 6.07 Å². The van der Waals surface area contributed by atoms with Gasteiger partial charge in [0.15, 0.2) is 11.5 Å². The lowest BCUT2D eigenvalue weighted by atomic mass is 9.76. The average Bonchev–Trinajstić information content (AvgIpc) is 2.57. The highest BCUT2D eigenvalue weighted by atomic mass is 127. The lowest BCUT2D eigenvalue weighted by molar-refractivity contribution is -0.923. The van der Waals surface area contributed by atoms with Crippen LogP contribution in [0.25, 0.3) is 11.1 Å². The van der Waals surface area contributed by atoms with Crippen LogP contribution in [0.15, 0.2) is 30.3 Å². The van der Waals surface area contributed by atoms with Crippen molar-refractivity contribution in [3.8, 4) is 22.6 Å². The fraction of sp³-hybridized carbons (Fsp3) is 0.400. The quantitative estimate of drug-likeness (QED) is 0.507. The van der Waals surface area contributed by atoms with Gasteiger partial charge in [0.25, 0.3) is 0 Å². The van der Waals surface area contributed by atoms with Gasteiger partial charge in [-0.05, 0) is 22.8 Å². The number of benzene rings is 2. The molecule has 0 spiro atoms. The Morgan fingerprint density at radius 1 is 1.00 bits per heavy atom. The molecule has 0 saturated heterocycles. The minimum Gasteiger partial charge on any atom is -1.00 e. The largest absolute Gasteiger partial charge is 1.00 e. The summed E-state index contributed by atoms with van der Waals surface area (Å²) >= 11 is 0. The minimum atomic E-state index is 0. The zero-order chi connectivity index (χ0) is 16.2. The topological polar surface area (TPSA) is 18.5 Å². The van der Waals surface area contributed by atoms with Crippen LogP contribution in [0.5, 0.6) is 11.5 Å². The standard InChI is InChI=1S/C20H24NO2.HI/c1-21(2)11-10-13-6-5-7-15-18(13)16(21)12-14-8-9-17(22-3)20(23-4)19(14)15;/h5-9,16H,10-12H2,1-4H3;1H/q+1;/p-1/t16-;/m1./s1. The van der Waals surface area contributed by atoms with Gasteiger partial charge < -0.3 is 37.9 Å². The molecule has 1 atom stereocenters. The summed E-state index contributed by atoms with van der Waals surface area (Å²) in [6, 6.07) is 11.5. The third-order valence-corrected chi connectivity index (χ3v) is 5.65. The third kappa shape index (κ3) is 2.42. The number of hydrogen-bond donors (Lipinski definition) is 0. The van der Waals surface area contributed by atoms with E-state index in [0.717, 1.165) is 28.8 Å². The van der Waals surface area contributed by atoms with E-state index in [9.17, 15) is 0 Å². The molecule has 4 rings (SSSR count). The van der Waals surface area contributed by atoms with E-state index in [1.165, 1.54) is 34.4 Å². The van der Waals surface area contributed by atoms with Gasteiger partial charge in [-0.2, -0.15) is 0 Å². The SMILES string of the molecule is COc1ccc2c(c1OC)-c1cccc3c1[C@@H](C2)[N+](C)(C)CC3.[I-]. The predicted molar refractivity (Wildman–Crippen MR) is 92.1 cm³/mol. The van der Waals surface area contributed by atoms with Gasteiger partial charge in [0, 0.05) is 24.0 Å². The number of hydrogen-bond acceptors (Lipinski definition) is 2. The summed E-state index contributed by atoms with van der Waals surface area (Å²) in [5, 5.41) is 0. The molecule has 0 fully saturated rings. The molecule has 1 aliphatic heterocycles. The van der Waals surface area contributed by atoms with Crippen LogP contribution in [-0.2, 0) is 12.8 Å². The molecule has 128 valence electrons. The number of likely N-dealkylation sites (N-methyl/N-ethyl adjacent to an activating group) is 1. The number of rotatable bonds is 2. The molecule has 4 heteroatoms.